The molecule has 0 unspecified atom stereocenters. The van der Waals surface area contributed by atoms with Gasteiger partial charge >= 0.3 is 6.03 Å². The summed E-state index contributed by atoms with van der Waals surface area (Å²) in [5, 5.41) is 5.69. The molecule has 0 aliphatic heterocycles. The van der Waals surface area contributed by atoms with Crippen molar-refractivity contribution in [3.63, 3.8) is 0 Å². The maximum atomic E-state index is 12.3. The molecule has 3 rings (SSSR count). The Morgan fingerprint density at radius 2 is 1.85 bits per heavy atom. The molecule has 0 aliphatic carbocycles. The number of urea groups is 1. The van der Waals surface area contributed by atoms with E-state index in [1.807, 2.05) is 49.4 Å². The summed E-state index contributed by atoms with van der Waals surface area (Å²) in [4.78, 5) is 20.7. The van der Waals surface area contributed by atoms with Crippen LogP contribution in [0.3, 0.4) is 0 Å². The van der Waals surface area contributed by atoms with Crippen molar-refractivity contribution < 1.29 is 9.53 Å². The van der Waals surface area contributed by atoms with E-state index in [1.54, 1.807) is 24.7 Å². The molecule has 0 bridgehead atoms. The Balaban J connectivity index is 1.68. The van der Waals surface area contributed by atoms with Gasteiger partial charge in [0.25, 0.3) is 0 Å². The first kappa shape index (κ1) is 17.4. The maximum Gasteiger partial charge on any atom is 0.319 e. The molecule has 6 nitrogen and oxygen atoms in total. The van der Waals surface area contributed by atoms with Gasteiger partial charge in [0.15, 0.2) is 0 Å². The number of hydrogen-bond donors (Lipinski definition) is 2. The zero-order chi connectivity index (χ0) is 18.2. The third kappa shape index (κ3) is 4.36. The molecule has 0 aliphatic rings. The largest absolute Gasteiger partial charge is 0.492 e. The molecule has 3 aromatic rings. The van der Waals surface area contributed by atoms with Crippen LogP contribution in [0, 0.1) is 0 Å². The number of hydrogen-bond acceptors (Lipinski definition) is 4. The summed E-state index contributed by atoms with van der Waals surface area (Å²) in [6, 6.07) is 14.6. The number of rotatable bonds is 6. The van der Waals surface area contributed by atoms with Crippen LogP contribution in [0.25, 0.3) is 11.3 Å². The Labute approximate surface area is 152 Å². The molecule has 2 amide bonds. The summed E-state index contributed by atoms with van der Waals surface area (Å²) in [7, 11) is 0. The van der Waals surface area contributed by atoms with Gasteiger partial charge < -0.3 is 15.4 Å². The second kappa shape index (κ2) is 8.62. The van der Waals surface area contributed by atoms with Crippen LogP contribution in [0.1, 0.15) is 12.5 Å². The number of ether oxygens (including phenoxy) is 1. The number of para-hydroxylation sites is 2. The first-order valence-corrected chi connectivity index (χ1v) is 8.39. The van der Waals surface area contributed by atoms with Crippen molar-refractivity contribution in [3.05, 3.63) is 72.7 Å². The summed E-state index contributed by atoms with van der Waals surface area (Å²) >= 11 is 0. The molecule has 0 radical (unpaired) electrons. The summed E-state index contributed by atoms with van der Waals surface area (Å²) in [5.74, 6) is 0.643. The number of nitrogens with one attached hydrogen (secondary N) is 2. The monoisotopic (exact) mass is 348 g/mol. The summed E-state index contributed by atoms with van der Waals surface area (Å²) in [6.45, 7) is 2.79. The van der Waals surface area contributed by atoms with E-state index in [-0.39, 0.29) is 6.03 Å². The van der Waals surface area contributed by atoms with Crippen LogP contribution in [0.2, 0.25) is 0 Å². The molecule has 26 heavy (non-hydrogen) atoms. The van der Waals surface area contributed by atoms with Gasteiger partial charge in [0.1, 0.15) is 5.75 Å². The van der Waals surface area contributed by atoms with E-state index in [0.717, 1.165) is 16.8 Å². The lowest BCUT2D eigenvalue weighted by molar-refractivity contribution is 0.251. The molecule has 6 heteroatoms. The Morgan fingerprint density at radius 3 is 2.65 bits per heavy atom. The van der Waals surface area contributed by atoms with E-state index in [4.69, 9.17) is 4.74 Å². The summed E-state index contributed by atoms with van der Waals surface area (Å²) in [5.41, 5.74) is 3.34. The van der Waals surface area contributed by atoms with Crippen molar-refractivity contribution in [1.82, 2.24) is 15.3 Å². The Bertz CT molecular complexity index is 868. The van der Waals surface area contributed by atoms with Gasteiger partial charge in [-0.3, -0.25) is 9.97 Å². The highest BCUT2D eigenvalue weighted by molar-refractivity contribution is 5.90. The predicted octanol–water partition coefficient (Wildman–Crippen LogP) is 3.86. The highest BCUT2D eigenvalue weighted by Crippen LogP contribution is 2.24. The zero-order valence-electron chi connectivity index (χ0n) is 14.5. The van der Waals surface area contributed by atoms with Crippen LogP contribution in [0.4, 0.5) is 10.5 Å². The van der Waals surface area contributed by atoms with Gasteiger partial charge in [0.05, 0.1) is 18.0 Å². The van der Waals surface area contributed by atoms with Crippen molar-refractivity contribution in [2.75, 3.05) is 11.9 Å². The van der Waals surface area contributed by atoms with Gasteiger partial charge in [-0.25, -0.2) is 4.79 Å². The number of nitrogens with zero attached hydrogens (tertiary/aromatic N) is 2. The van der Waals surface area contributed by atoms with Crippen LogP contribution in [0.15, 0.2) is 67.1 Å². The Kier molecular flexibility index (Phi) is 5.77. The van der Waals surface area contributed by atoms with Crippen LogP contribution in [-0.2, 0) is 6.54 Å². The topological polar surface area (TPSA) is 76.1 Å². The Morgan fingerprint density at radius 1 is 1.04 bits per heavy atom. The minimum absolute atomic E-state index is 0.304. The second-order valence-electron chi connectivity index (χ2n) is 5.48. The lowest BCUT2D eigenvalue weighted by atomic mass is 10.1. The fourth-order valence-electron chi connectivity index (χ4n) is 2.54. The lowest BCUT2D eigenvalue weighted by Crippen LogP contribution is -2.28. The highest BCUT2D eigenvalue weighted by Gasteiger charge is 2.10. The second-order valence-corrected chi connectivity index (χ2v) is 5.48. The number of benzene rings is 1. The van der Waals surface area contributed by atoms with Gasteiger partial charge in [0, 0.05) is 30.7 Å². The number of aromatic nitrogens is 2. The van der Waals surface area contributed by atoms with Crippen molar-refractivity contribution >= 4 is 11.7 Å². The van der Waals surface area contributed by atoms with Crippen LogP contribution in [-0.4, -0.2) is 22.6 Å². The fourth-order valence-corrected chi connectivity index (χ4v) is 2.54. The smallest absolute Gasteiger partial charge is 0.319 e. The number of amides is 2. The highest BCUT2D eigenvalue weighted by atomic mass is 16.5. The Hall–Kier alpha value is -3.41. The average Bonchev–Trinajstić information content (AvgIpc) is 2.69. The first-order valence-electron chi connectivity index (χ1n) is 8.39. The molecule has 132 valence electrons. The SMILES string of the molecule is CCOc1ccccc1NC(=O)NCc1cccnc1-c1ccncc1. The van der Waals surface area contributed by atoms with E-state index in [1.165, 1.54) is 0 Å². The molecule has 2 N–H and O–H groups in total. The van der Waals surface area contributed by atoms with E-state index in [0.29, 0.717) is 24.6 Å². The third-order valence-corrected chi connectivity index (χ3v) is 3.72. The number of carbonyl (C=O) groups excluding carboxylic acids is 1. The minimum Gasteiger partial charge on any atom is -0.492 e. The molecule has 0 atom stereocenters. The molecule has 0 saturated carbocycles. The van der Waals surface area contributed by atoms with Crippen molar-refractivity contribution in [1.29, 1.82) is 0 Å². The van der Waals surface area contributed by atoms with Crippen molar-refractivity contribution in [2.45, 2.75) is 13.5 Å². The fraction of sp³-hybridized carbons (Fsp3) is 0.150. The average molecular weight is 348 g/mol. The molecule has 0 fully saturated rings. The van der Waals surface area contributed by atoms with E-state index >= 15 is 0 Å². The van der Waals surface area contributed by atoms with Crippen molar-refractivity contribution in [2.24, 2.45) is 0 Å². The standard InChI is InChI=1S/C20H20N4O2/c1-2-26-18-8-4-3-7-17(18)24-20(25)23-14-16-6-5-11-22-19(16)15-9-12-21-13-10-15/h3-13H,2,14H2,1H3,(H2,23,24,25). The number of carbonyl (C=O) groups is 1. The third-order valence-electron chi connectivity index (χ3n) is 3.72. The van der Waals surface area contributed by atoms with Gasteiger partial charge in [-0.05, 0) is 42.8 Å². The first-order chi connectivity index (χ1) is 12.8. The minimum atomic E-state index is -0.304. The quantitative estimate of drug-likeness (QED) is 0.709. The van der Waals surface area contributed by atoms with Gasteiger partial charge in [-0.15, -0.1) is 0 Å². The number of pyridine rings is 2. The molecular formula is C20H20N4O2. The summed E-state index contributed by atoms with van der Waals surface area (Å²) < 4.78 is 5.52. The zero-order valence-corrected chi connectivity index (χ0v) is 14.5. The molecule has 1 aromatic carbocycles. The normalized spacial score (nSPS) is 10.2. The van der Waals surface area contributed by atoms with Crippen LogP contribution >= 0.6 is 0 Å². The lowest BCUT2D eigenvalue weighted by Gasteiger charge is -2.13. The molecule has 2 heterocycles. The molecule has 2 aromatic heterocycles. The molecule has 0 saturated heterocycles. The van der Waals surface area contributed by atoms with E-state index in [2.05, 4.69) is 20.6 Å². The van der Waals surface area contributed by atoms with E-state index < -0.39 is 0 Å². The van der Waals surface area contributed by atoms with Gasteiger partial charge in [-0.2, -0.15) is 0 Å². The van der Waals surface area contributed by atoms with Crippen LogP contribution < -0.4 is 15.4 Å². The number of anilines is 1. The van der Waals surface area contributed by atoms with Crippen LogP contribution in [0.5, 0.6) is 5.75 Å². The molecule has 0 spiro atoms. The maximum absolute atomic E-state index is 12.3. The van der Waals surface area contributed by atoms with Gasteiger partial charge in [-0.1, -0.05) is 18.2 Å². The molecular weight excluding hydrogens is 328 g/mol. The van der Waals surface area contributed by atoms with Crippen molar-refractivity contribution in [3.8, 4) is 17.0 Å². The van der Waals surface area contributed by atoms with E-state index in [9.17, 15) is 4.79 Å². The van der Waals surface area contributed by atoms with Gasteiger partial charge in [0.2, 0.25) is 0 Å². The predicted molar refractivity (Wildman–Crippen MR) is 101 cm³/mol. The summed E-state index contributed by atoms with van der Waals surface area (Å²) in [6.07, 6.45) is 5.18.